The third kappa shape index (κ3) is 3.27. The van der Waals surface area contributed by atoms with Crippen molar-refractivity contribution in [2.45, 2.75) is 91.8 Å². The summed E-state index contributed by atoms with van der Waals surface area (Å²) in [6, 6.07) is 0. The second kappa shape index (κ2) is 7.28. The smallest absolute Gasteiger partial charge is 0.303 e. The minimum Gasteiger partial charge on any atom is -0.462 e. The molecule has 0 radical (unpaired) electrons. The number of carbonyl (C=O) groups is 2. The average molecular weight is 401 g/mol. The summed E-state index contributed by atoms with van der Waals surface area (Å²) in [6.07, 6.45) is 12.1. The van der Waals surface area contributed by atoms with Crippen LogP contribution in [-0.2, 0) is 19.1 Å². The molecule has 4 aliphatic carbocycles. The Bertz CT molecular complexity index is 765. The Balaban J connectivity index is 1.61. The molecule has 29 heavy (non-hydrogen) atoms. The standard InChI is InChI=1S/C25H36O4/c1-6-20-23(29-16(3)27)14-22-19-8-7-17-13-18(28-15(2)26)9-11-24(17,4)21(19)10-12-25(20,22)5/h6-7,18-19,21-23H,8-14H2,1-5H3/b20-6+/t18-,19?,21?,22?,23?,24-,25+/m0/s1. The maximum absolute atomic E-state index is 11.7. The molecule has 0 N–H and O–H groups in total. The van der Waals surface area contributed by atoms with Gasteiger partial charge >= 0.3 is 11.9 Å². The van der Waals surface area contributed by atoms with Crippen molar-refractivity contribution in [3.63, 3.8) is 0 Å². The van der Waals surface area contributed by atoms with Gasteiger partial charge in [-0.15, -0.1) is 0 Å². The number of rotatable bonds is 2. The van der Waals surface area contributed by atoms with Crippen LogP contribution in [0.1, 0.15) is 79.6 Å². The predicted molar refractivity (Wildman–Crippen MR) is 112 cm³/mol. The summed E-state index contributed by atoms with van der Waals surface area (Å²) in [5, 5.41) is 0. The van der Waals surface area contributed by atoms with Crippen LogP contribution in [0.25, 0.3) is 0 Å². The fourth-order valence-corrected chi connectivity index (χ4v) is 7.63. The van der Waals surface area contributed by atoms with Crippen LogP contribution < -0.4 is 0 Å². The molecule has 7 atom stereocenters. The van der Waals surface area contributed by atoms with Gasteiger partial charge in [0.15, 0.2) is 0 Å². The minimum absolute atomic E-state index is 0.0479. The molecular formula is C25H36O4. The van der Waals surface area contributed by atoms with Crippen molar-refractivity contribution >= 4 is 11.9 Å². The summed E-state index contributed by atoms with van der Waals surface area (Å²) in [7, 11) is 0. The molecule has 4 unspecified atom stereocenters. The number of allylic oxidation sites excluding steroid dienone is 2. The fourth-order valence-electron chi connectivity index (χ4n) is 7.63. The molecule has 160 valence electrons. The van der Waals surface area contributed by atoms with Crippen molar-refractivity contribution in [3.8, 4) is 0 Å². The Hall–Kier alpha value is -1.58. The highest BCUT2D eigenvalue weighted by molar-refractivity contribution is 5.67. The lowest BCUT2D eigenvalue weighted by Crippen LogP contribution is -2.49. The largest absolute Gasteiger partial charge is 0.462 e. The van der Waals surface area contributed by atoms with E-state index in [1.54, 1.807) is 0 Å². The highest BCUT2D eigenvalue weighted by atomic mass is 16.5. The Morgan fingerprint density at radius 2 is 1.72 bits per heavy atom. The first-order valence-corrected chi connectivity index (χ1v) is 11.4. The summed E-state index contributed by atoms with van der Waals surface area (Å²) >= 11 is 0. The number of fused-ring (bicyclic) bond motifs is 5. The van der Waals surface area contributed by atoms with E-state index in [-0.39, 0.29) is 35.0 Å². The molecule has 0 aliphatic heterocycles. The number of carbonyl (C=O) groups excluding carboxylic acids is 2. The lowest BCUT2D eigenvalue weighted by atomic mass is 9.48. The molecular weight excluding hydrogens is 364 g/mol. The summed E-state index contributed by atoms with van der Waals surface area (Å²) < 4.78 is 11.3. The van der Waals surface area contributed by atoms with E-state index in [0.717, 1.165) is 32.1 Å². The molecule has 4 rings (SSSR count). The Morgan fingerprint density at radius 1 is 1.03 bits per heavy atom. The summed E-state index contributed by atoms with van der Waals surface area (Å²) in [4.78, 5) is 23.1. The van der Waals surface area contributed by atoms with Gasteiger partial charge in [-0.3, -0.25) is 9.59 Å². The number of ether oxygens (including phenoxy) is 2. The zero-order valence-corrected chi connectivity index (χ0v) is 18.6. The van der Waals surface area contributed by atoms with E-state index in [1.807, 2.05) is 0 Å². The van der Waals surface area contributed by atoms with Crippen molar-refractivity contribution < 1.29 is 19.1 Å². The van der Waals surface area contributed by atoms with Crippen LogP contribution >= 0.6 is 0 Å². The van der Waals surface area contributed by atoms with E-state index in [0.29, 0.717) is 17.8 Å². The fraction of sp³-hybridized carbons (Fsp3) is 0.760. The quantitative estimate of drug-likeness (QED) is 0.462. The molecule has 0 aromatic rings. The maximum Gasteiger partial charge on any atom is 0.303 e. The molecule has 0 bridgehead atoms. The van der Waals surface area contributed by atoms with Gasteiger partial charge in [0.1, 0.15) is 12.2 Å². The Kier molecular flexibility index (Phi) is 5.19. The zero-order valence-electron chi connectivity index (χ0n) is 18.6. The topological polar surface area (TPSA) is 52.6 Å². The molecule has 0 heterocycles. The first-order valence-electron chi connectivity index (χ1n) is 11.4. The Morgan fingerprint density at radius 3 is 2.38 bits per heavy atom. The van der Waals surface area contributed by atoms with Gasteiger partial charge in [-0.2, -0.15) is 0 Å². The van der Waals surface area contributed by atoms with Gasteiger partial charge in [0.05, 0.1) is 0 Å². The number of hydrogen-bond acceptors (Lipinski definition) is 4. The van der Waals surface area contributed by atoms with Crippen LogP contribution in [0.15, 0.2) is 23.3 Å². The van der Waals surface area contributed by atoms with Crippen LogP contribution in [0.3, 0.4) is 0 Å². The van der Waals surface area contributed by atoms with Crippen molar-refractivity contribution in [1.29, 1.82) is 0 Å². The first-order chi connectivity index (χ1) is 13.7. The molecule has 0 saturated heterocycles. The van der Waals surface area contributed by atoms with Crippen molar-refractivity contribution in [2.75, 3.05) is 0 Å². The van der Waals surface area contributed by atoms with Gasteiger partial charge in [0.25, 0.3) is 0 Å². The van der Waals surface area contributed by atoms with Crippen LogP contribution in [0, 0.1) is 28.6 Å². The Labute approximate surface area is 175 Å². The second-order valence-corrected chi connectivity index (χ2v) is 10.3. The van der Waals surface area contributed by atoms with Crippen LogP contribution in [0.5, 0.6) is 0 Å². The summed E-state index contributed by atoms with van der Waals surface area (Å²) in [5.41, 5.74) is 3.22. The van der Waals surface area contributed by atoms with E-state index in [9.17, 15) is 9.59 Å². The van der Waals surface area contributed by atoms with Crippen molar-refractivity contribution in [2.24, 2.45) is 28.6 Å². The SMILES string of the molecule is C/C=C1\C(OC(C)=O)CC2C3CC=C4C[C@@H](OC(C)=O)CC[C@]4(C)C3CC[C@]12C. The minimum atomic E-state index is -0.172. The number of esters is 2. The van der Waals surface area contributed by atoms with E-state index in [1.165, 1.54) is 37.8 Å². The predicted octanol–water partition coefficient (Wildman–Crippen LogP) is 5.37. The highest BCUT2D eigenvalue weighted by Crippen LogP contribution is 2.66. The second-order valence-electron chi connectivity index (χ2n) is 10.3. The lowest BCUT2D eigenvalue weighted by molar-refractivity contribution is -0.148. The van der Waals surface area contributed by atoms with Gasteiger partial charge in [-0.05, 0) is 79.6 Å². The van der Waals surface area contributed by atoms with E-state index < -0.39 is 0 Å². The van der Waals surface area contributed by atoms with E-state index in [2.05, 4.69) is 32.9 Å². The third-order valence-electron chi connectivity index (χ3n) is 8.87. The van der Waals surface area contributed by atoms with Gasteiger partial charge in [0.2, 0.25) is 0 Å². The molecule has 0 amide bonds. The molecule has 0 aromatic heterocycles. The monoisotopic (exact) mass is 400 g/mol. The zero-order chi connectivity index (χ0) is 21.0. The molecule has 0 spiro atoms. The van der Waals surface area contributed by atoms with Gasteiger partial charge in [-0.25, -0.2) is 0 Å². The van der Waals surface area contributed by atoms with Crippen molar-refractivity contribution in [1.82, 2.24) is 0 Å². The molecule has 4 nitrogen and oxygen atoms in total. The van der Waals surface area contributed by atoms with Crippen LogP contribution in [0.4, 0.5) is 0 Å². The molecule has 3 fully saturated rings. The van der Waals surface area contributed by atoms with E-state index >= 15 is 0 Å². The molecule has 4 heteroatoms. The molecule has 3 saturated carbocycles. The average Bonchev–Trinajstić information content (AvgIpc) is 2.92. The van der Waals surface area contributed by atoms with Crippen LogP contribution in [0.2, 0.25) is 0 Å². The van der Waals surface area contributed by atoms with Gasteiger partial charge in [-0.1, -0.05) is 31.6 Å². The summed E-state index contributed by atoms with van der Waals surface area (Å²) in [6.45, 7) is 10.0. The van der Waals surface area contributed by atoms with Crippen LogP contribution in [-0.4, -0.2) is 24.1 Å². The summed E-state index contributed by atoms with van der Waals surface area (Å²) in [5.74, 6) is 1.55. The highest BCUT2D eigenvalue weighted by Gasteiger charge is 2.59. The van der Waals surface area contributed by atoms with E-state index in [4.69, 9.17) is 9.47 Å². The number of hydrogen-bond donors (Lipinski definition) is 0. The molecule has 4 aliphatic rings. The lowest BCUT2D eigenvalue weighted by Gasteiger charge is -2.57. The maximum atomic E-state index is 11.7. The third-order valence-corrected chi connectivity index (χ3v) is 8.87. The van der Waals surface area contributed by atoms with Gasteiger partial charge in [0, 0.05) is 20.3 Å². The van der Waals surface area contributed by atoms with Crippen molar-refractivity contribution in [3.05, 3.63) is 23.3 Å². The molecule has 0 aromatic carbocycles. The normalized spacial score (nSPS) is 44.9. The first kappa shape index (κ1) is 20.7. The van der Waals surface area contributed by atoms with Gasteiger partial charge < -0.3 is 9.47 Å².